The molecule has 6 heavy (non-hydrogen) atoms. The van der Waals surface area contributed by atoms with Gasteiger partial charge in [0.2, 0.25) is 0 Å². The van der Waals surface area contributed by atoms with Gasteiger partial charge in [-0.2, -0.15) is 0 Å². The van der Waals surface area contributed by atoms with Crippen LogP contribution in [0.3, 0.4) is 0 Å². The Hall–Kier alpha value is 0.843. The molecule has 0 unspecified atom stereocenters. The van der Waals surface area contributed by atoms with Crippen LogP contribution in [0.1, 0.15) is 19.8 Å². The molecule has 1 N–H and O–H groups in total. The van der Waals surface area contributed by atoms with Crippen LogP contribution in [0.15, 0.2) is 0 Å². The second kappa shape index (κ2) is 9.28. The first-order valence-corrected chi connectivity index (χ1v) is 2.02. The Morgan fingerprint density at radius 3 is 2.00 bits per heavy atom. The molecule has 0 bridgehead atoms. The number of rotatable bonds is 2. The van der Waals surface area contributed by atoms with Crippen molar-refractivity contribution in [2.45, 2.75) is 19.8 Å². The summed E-state index contributed by atoms with van der Waals surface area (Å²) >= 11 is 0. The van der Waals surface area contributed by atoms with Gasteiger partial charge in [-0.3, -0.25) is 0 Å². The topological polar surface area (TPSA) is 20.2 Å². The minimum atomic E-state index is 0. The molecule has 0 aliphatic carbocycles. The van der Waals surface area contributed by atoms with E-state index in [1.807, 2.05) is 0 Å². The fourth-order valence-electron chi connectivity index (χ4n) is 0.158. The van der Waals surface area contributed by atoms with E-state index in [-0.39, 0.29) is 26.2 Å². The zero-order chi connectivity index (χ0) is 4.12. The molecule has 0 heterocycles. The van der Waals surface area contributed by atoms with Crippen LogP contribution in [0.4, 0.5) is 0 Å². The zero-order valence-corrected chi connectivity index (χ0v) is 9.77. The third-order valence-electron chi connectivity index (χ3n) is 0.512. The molecule has 2 heteroatoms. The number of aliphatic hydroxyl groups is 1. The molecule has 0 saturated heterocycles. The summed E-state index contributed by atoms with van der Waals surface area (Å²) in [6, 6.07) is 0. The van der Waals surface area contributed by atoms with Crippen LogP contribution in [0, 0.1) is 0 Å². The van der Waals surface area contributed by atoms with Crippen LogP contribution >= 0.6 is 0 Å². The Balaban J connectivity index is 0. The van der Waals surface area contributed by atoms with Crippen LogP contribution in [0.2, 0.25) is 0 Å². The van der Waals surface area contributed by atoms with Gasteiger partial charge in [-0.1, -0.05) is 13.3 Å². The summed E-state index contributed by atoms with van der Waals surface area (Å²) in [5, 5.41) is 8.07. The minimum absolute atomic E-state index is 0. The van der Waals surface area contributed by atoms with Gasteiger partial charge in [0.15, 0.2) is 0 Å². The predicted octanol–water partition coefficient (Wildman–Crippen LogP) is -0.405. The monoisotopic (exact) mass is 286 g/mol. The van der Waals surface area contributed by atoms with Crippen molar-refractivity contribution in [2.24, 2.45) is 0 Å². The van der Waals surface area contributed by atoms with Crippen LogP contribution in [-0.2, 0) is 0 Å². The summed E-state index contributed by atoms with van der Waals surface area (Å²) in [6.07, 6.45) is 2.04. The van der Waals surface area contributed by atoms with Crippen molar-refractivity contribution < 1.29 is 5.11 Å². The molecule has 0 atom stereocenters. The van der Waals surface area contributed by atoms with E-state index in [9.17, 15) is 0 Å². The van der Waals surface area contributed by atoms with Crippen molar-refractivity contribution >= 4 is 26.2 Å². The van der Waals surface area contributed by atoms with Crippen molar-refractivity contribution in [3.8, 4) is 0 Å². The quantitative estimate of drug-likeness (QED) is 0.685. The van der Waals surface area contributed by atoms with Gasteiger partial charge in [-0.15, -0.1) is 0 Å². The fourth-order valence-corrected chi connectivity index (χ4v) is 0.158. The van der Waals surface area contributed by atoms with Gasteiger partial charge in [0.1, 0.15) is 0 Å². The van der Waals surface area contributed by atoms with E-state index < -0.39 is 0 Å². The number of hydrogen-bond donors (Lipinski definition) is 1. The summed E-state index contributed by atoms with van der Waals surface area (Å²) in [4.78, 5) is 0. The second-order valence-electron chi connectivity index (χ2n) is 1.08. The summed E-state index contributed by atoms with van der Waals surface area (Å²) in [6.45, 7) is 2.40. The Morgan fingerprint density at radius 2 is 2.00 bits per heavy atom. The SMILES string of the molecule is CCCCO.[BiH3]. The van der Waals surface area contributed by atoms with Gasteiger partial charge >= 0.3 is 26.2 Å². The van der Waals surface area contributed by atoms with Crippen molar-refractivity contribution in [3.63, 3.8) is 0 Å². The Kier molecular flexibility index (Phi) is 15.4. The van der Waals surface area contributed by atoms with E-state index in [1.54, 1.807) is 0 Å². The van der Waals surface area contributed by atoms with Crippen molar-refractivity contribution in [1.82, 2.24) is 0 Å². The molecule has 1 nitrogen and oxygen atoms in total. The average Bonchev–Trinajstić information content (AvgIpc) is 1.41. The molecule has 0 fully saturated rings. The first-order valence-electron chi connectivity index (χ1n) is 2.02. The molecule has 0 aromatic carbocycles. The normalized spacial score (nSPS) is 7.00. The van der Waals surface area contributed by atoms with Crippen LogP contribution < -0.4 is 0 Å². The van der Waals surface area contributed by atoms with Gasteiger partial charge in [-0.25, -0.2) is 0 Å². The maximum atomic E-state index is 8.07. The molecule has 0 amide bonds. The molecular formula is C4H13BiO. The van der Waals surface area contributed by atoms with Gasteiger partial charge in [0.25, 0.3) is 0 Å². The number of hydrogen-bond acceptors (Lipinski definition) is 1. The molecule has 0 aliphatic heterocycles. The van der Waals surface area contributed by atoms with E-state index in [0.29, 0.717) is 6.61 Å². The van der Waals surface area contributed by atoms with Gasteiger partial charge in [0, 0.05) is 6.61 Å². The summed E-state index contributed by atoms with van der Waals surface area (Å²) in [5.74, 6) is 0. The summed E-state index contributed by atoms with van der Waals surface area (Å²) in [5.41, 5.74) is 0. The zero-order valence-electron chi connectivity index (χ0n) is 4.28. The molecule has 0 rings (SSSR count). The maximum absolute atomic E-state index is 8.07. The van der Waals surface area contributed by atoms with E-state index in [2.05, 4.69) is 6.92 Å². The second-order valence-corrected chi connectivity index (χ2v) is 1.08. The first-order chi connectivity index (χ1) is 2.41. The summed E-state index contributed by atoms with van der Waals surface area (Å²) < 4.78 is 0. The van der Waals surface area contributed by atoms with Gasteiger partial charge < -0.3 is 5.11 Å². The van der Waals surface area contributed by atoms with Crippen molar-refractivity contribution in [1.29, 1.82) is 0 Å². The third kappa shape index (κ3) is 8.85. The van der Waals surface area contributed by atoms with Crippen molar-refractivity contribution in [2.75, 3.05) is 6.61 Å². The molecule has 0 radical (unpaired) electrons. The Labute approximate surface area is 57.9 Å². The standard InChI is InChI=1S/C4H10O.Bi.3H/c1-2-3-4-5;;;;/h5H,2-4H2,1H3;;;;. The molecule has 0 spiro atoms. The van der Waals surface area contributed by atoms with Crippen LogP contribution in [0.5, 0.6) is 0 Å². The summed E-state index contributed by atoms with van der Waals surface area (Å²) in [7, 11) is 0. The molecular weight excluding hydrogens is 273 g/mol. The first kappa shape index (κ1) is 9.96. The van der Waals surface area contributed by atoms with Gasteiger partial charge in [-0.05, 0) is 6.42 Å². The van der Waals surface area contributed by atoms with Crippen LogP contribution in [-0.4, -0.2) is 37.9 Å². The Morgan fingerprint density at radius 1 is 1.50 bits per heavy atom. The predicted molar refractivity (Wildman–Crippen MR) is 31.9 cm³/mol. The van der Waals surface area contributed by atoms with E-state index in [1.165, 1.54) is 0 Å². The van der Waals surface area contributed by atoms with Crippen LogP contribution in [0.25, 0.3) is 0 Å². The van der Waals surface area contributed by atoms with E-state index in [4.69, 9.17) is 5.11 Å². The van der Waals surface area contributed by atoms with E-state index >= 15 is 0 Å². The number of unbranched alkanes of at least 4 members (excludes halogenated alkanes) is 1. The average molecular weight is 286 g/mol. The molecule has 0 aliphatic rings. The van der Waals surface area contributed by atoms with Gasteiger partial charge in [0.05, 0.1) is 0 Å². The molecule has 0 aromatic heterocycles. The third-order valence-corrected chi connectivity index (χ3v) is 0.512. The fraction of sp³-hybridized carbons (Fsp3) is 1.00. The van der Waals surface area contributed by atoms with E-state index in [0.717, 1.165) is 12.8 Å². The molecule has 40 valence electrons. The Bertz CT molecular complexity index is 15.0. The number of aliphatic hydroxyl groups excluding tert-OH is 1. The van der Waals surface area contributed by atoms with Crippen molar-refractivity contribution in [3.05, 3.63) is 0 Å². The molecule has 0 aromatic rings. The molecule has 0 saturated carbocycles.